The van der Waals surface area contributed by atoms with Crippen LogP contribution in [0.2, 0.25) is 0 Å². The van der Waals surface area contributed by atoms with Crippen molar-refractivity contribution in [2.75, 3.05) is 89.3 Å². The van der Waals surface area contributed by atoms with E-state index in [0.29, 0.717) is 85.7 Å². The highest BCUT2D eigenvalue weighted by Crippen LogP contribution is 2.40. The summed E-state index contributed by atoms with van der Waals surface area (Å²) in [6.07, 6.45) is 3.25. The minimum absolute atomic E-state index is 0.0734. The van der Waals surface area contributed by atoms with Crippen LogP contribution in [0.25, 0.3) is 11.3 Å². The Hall–Kier alpha value is -6.26. The molecule has 3 fully saturated rings. The highest BCUT2D eigenvalue weighted by Gasteiger charge is 2.36. The average Bonchev–Trinajstić information content (AvgIpc) is 3.69. The summed E-state index contributed by atoms with van der Waals surface area (Å²) in [4.78, 5) is 73.3. The number of rotatable bonds is 13. The third-order valence-electron chi connectivity index (χ3n) is 12.4. The number of piperidine rings is 1. The quantitative estimate of drug-likeness (QED) is 0.176. The summed E-state index contributed by atoms with van der Waals surface area (Å²) in [5.41, 5.74) is 8.79. The van der Waals surface area contributed by atoms with Gasteiger partial charge in [0.05, 0.1) is 6.04 Å². The van der Waals surface area contributed by atoms with Gasteiger partial charge in [0, 0.05) is 102 Å². The van der Waals surface area contributed by atoms with Gasteiger partial charge in [0.2, 0.25) is 11.8 Å². The van der Waals surface area contributed by atoms with Crippen LogP contribution < -0.4 is 26.0 Å². The fourth-order valence-corrected chi connectivity index (χ4v) is 8.86. The highest BCUT2D eigenvalue weighted by atomic mass is 16.5. The van der Waals surface area contributed by atoms with Gasteiger partial charge in [-0.25, -0.2) is 9.48 Å². The Labute approximate surface area is 355 Å². The number of imide groups is 1. The van der Waals surface area contributed by atoms with Crippen LogP contribution in [0.15, 0.2) is 78.9 Å². The van der Waals surface area contributed by atoms with Crippen molar-refractivity contribution in [3.8, 4) is 22.8 Å². The molecule has 0 spiro atoms. The van der Waals surface area contributed by atoms with E-state index in [-0.39, 0.29) is 36.7 Å². The molecule has 0 bridgehead atoms. The number of aromatic nitrogens is 2. The maximum Gasteiger partial charge on any atom is 0.328 e. The second-order valence-corrected chi connectivity index (χ2v) is 16.3. The number of nitrogens with two attached hydrogens (primary N) is 1. The topological polar surface area (TPSA) is 179 Å². The summed E-state index contributed by atoms with van der Waals surface area (Å²) in [5.74, 6) is 1.65. The number of urea groups is 1. The first-order chi connectivity index (χ1) is 29.6. The summed E-state index contributed by atoms with van der Waals surface area (Å²) in [5, 5.41) is 10.7. The first kappa shape index (κ1) is 41.5. The normalized spacial score (nSPS) is 18.7. The van der Waals surface area contributed by atoms with E-state index in [4.69, 9.17) is 15.6 Å². The number of para-hydroxylation sites is 1. The number of nitrogens with one attached hydrogen (secondary N) is 2. The number of primary amides is 1. The standard InChI is InChI=1S/C45H54N10O6/c1-50(24-25-51-26-28-53(29-27-51)44(59)33-6-5-7-34(30-33)54-23-17-38(56)48-45(54)60)20-18-39(57)52-21-15-31(16-22-52)37-14-19-47-43-40(42(46)58)41(49-55(37)43)32-10-12-36(13-11-32)61-35-8-3-2-4-9-35/h2-13,30-31,37,47H,14-29H2,1H3,(H2,46,58)(H,48,56,60)/t37-/m0/s1. The van der Waals surface area contributed by atoms with Gasteiger partial charge in [-0.1, -0.05) is 24.3 Å². The second kappa shape index (κ2) is 18.6. The zero-order valence-corrected chi connectivity index (χ0v) is 34.6. The lowest BCUT2D eigenvalue weighted by molar-refractivity contribution is -0.133. The number of amides is 6. The molecule has 6 amide bonds. The Balaban J connectivity index is 0.775. The molecule has 1 aromatic heterocycles. The van der Waals surface area contributed by atoms with E-state index in [2.05, 4.69) is 20.4 Å². The number of piperazine rings is 1. The highest BCUT2D eigenvalue weighted by molar-refractivity contribution is 6.06. The van der Waals surface area contributed by atoms with Crippen LogP contribution >= 0.6 is 0 Å². The minimum atomic E-state index is -0.527. The monoisotopic (exact) mass is 830 g/mol. The molecule has 0 radical (unpaired) electrons. The molecule has 3 aromatic carbocycles. The number of nitrogens with zero attached hydrogens (tertiary/aromatic N) is 7. The van der Waals surface area contributed by atoms with Crippen LogP contribution in [0.4, 0.5) is 16.3 Å². The van der Waals surface area contributed by atoms with Crippen molar-refractivity contribution in [3.05, 3.63) is 90.0 Å². The van der Waals surface area contributed by atoms with Gasteiger partial charge in [-0.15, -0.1) is 0 Å². The van der Waals surface area contributed by atoms with Gasteiger partial charge < -0.3 is 30.5 Å². The predicted molar refractivity (Wildman–Crippen MR) is 231 cm³/mol. The first-order valence-electron chi connectivity index (χ1n) is 21.3. The van der Waals surface area contributed by atoms with Crippen LogP contribution in [0.1, 0.15) is 58.9 Å². The molecule has 3 saturated heterocycles. The molecule has 0 unspecified atom stereocenters. The summed E-state index contributed by atoms with van der Waals surface area (Å²) in [6, 6.07) is 23.7. The largest absolute Gasteiger partial charge is 0.457 e. The zero-order chi connectivity index (χ0) is 42.5. The summed E-state index contributed by atoms with van der Waals surface area (Å²) >= 11 is 0. The number of benzene rings is 3. The number of ether oxygens (including phenoxy) is 1. The minimum Gasteiger partial charge on any atom is -0.457 e. The molecule has 4 aliphatic rings. The SMILES string of the molecule is CN(CCC(=O)N1CCC([C@@H]2CCNc3c(C(N)=O)c(-c4ccc(Oc5ccccc5)cc4)nn32)CC1)CCN1CCN(C(=O)c2cccc(N3CCC(=O)NC3=O)c2)CC1. The van der Waals surface area contributed by atoms with Gasteiger partial charge in [0.25, 0.3) is 11.8 Å². The van der Waals surface area contributed by atoms with Crippen molar-refractivity contribution in [2.45, 2.75) is 38.1 Å². The van der Waals surface area contributed by atoms with Gasteiger partial charge in [-0.2, -0.15) is 5.10 Å². The molecule has 16 heteroatoms. The molecule has 320 valence electrons. The van der Waals surface area contributed by atoms with Crippen LogP contribution in [0.5, 0.6) is 11.5 Å². The van der Waals surface area contributed by atoms with E-state index in [1.165, 1.54) is 4.90 Å². The Bertz CT molecular complexity index is 2230. The van der Waals surface area contributed by atoms with Crippen molar-refractivity contribution in [2.24, 2.45) is 11.7 Å². The van der Waals surface area contributed by atoms with E-state index in [0.717, 1.165) is 56.8 Å². The molecule has 61 heavy (non-hydrogen) atoms. The molecular weight excluding hydrogens is 777 g/mol. The van der Waals surface area contributed by atoms with E-state index in [1.807, 2.05) is 76.1 Å². The van der Waals surface area contributed by atoms with Gasteiger partial charge >= 0.3 is 6.03 Å². The van der Waals surface area contributed by atoms with E-state index >= 15 is 0 Å². The van der Waals surface area contributed by atoms with Crippen LogP contribution in [0.3, 0.4) is 0 Å². The lowest BCUT2D eigenvalue weighted by Crippen LogP contribution is -2.50. The van der Waals surface area contributed by atoms with Crippen LogP contribution in [-0.4, -0.2) is 138 Å². The third-order valence-corrected chi connectivity index (χ3v) is 12.4. The molecule has 4 N–H and O–H groups in total. The van der Waals surface area contributed by atoms with E-state index in [1.54, 1.807) is 24.3 Å². The van der Waals surface area contributed by atoms with Gasteiger partial charge in [-0.3, -0.25) is 34.3 Å². The number of likely N-dealkylation sites (N-methyl/N-ethyl adjacent to an activating group) is 1. The lowest BCUT2D eigenvalue weighted by Gasteiger charge is -2.38. The lowest BCUT2D eigenvalue weighted by atomic mass is 9.86. The molecular formula is C45H54N10O6. The van der Waals surface area contributed by atoms with Crippen molar-refractivity contribution >= 4 is 41.2 Å². The van der Waals surface area contributed by atoms with Crippen LogP contribution in [0, 0.1) is 5.92 Å². The molecule has 8 rings (SSSR count). The molecule has 0 aliphatic carbocycles. The summed E-state index contributed by atoms with van der Waals surface area (Å²) in [6.45, 7) is 7.40. The van der Waals surface area contributed by atoms with Crippen LogP contribution in [-0.2, 0) is 9.59 Å². The number of fused-ring (bicyclic) bond motifs is 1. The van der Waals surface area contributed by atoms with E-state index < -0.39 is 11.9 Å². The fraction of sp³-hybridized carbons (Fsp3) is 0.422. The first-order valence-corrected chi connectivity index (χ1v) is 21.3. The van der Waals surface area contributed by atoms with E-state index in [9.17, 15) is 24.0 Å². The second-order valence-electron chi connectivity index (χ2n) is 16.3. The smallest absolute Gasteiger partial charge is 0.328 e. The Morgan fingerprint density at radius 1 is 0.836 bits per heavy atom. The van der Waals surface area contributed by atoms with Gasteiger partial charge in [-0.05, 0) is 86.8 Å². The van der Waals surface area contributed by atoms with Gasteiger partial charge in [0.1, 0.15) is 28.6 Å². The number of likely N-dealkylation sites (tertiary alicyclic amines) is 1. The fourth-order valence-electron chi connectivity index (χ4n) is 8.86. The molecule has 4 aromatic rings. The Kier molecular flexibility index (Phi) is 12.6. The molecule has 16 nitrogen and oxygen atoms in total. The Morgan fingerprint density at radius 3 is 2.30 bits per heavy atom. The maximum absolute atomic E-state index is 13.4. The van der Waals surface area contributed by atoms with Gasteiger partial charge in [0.15, 0.2) is 0 Å². The number of carbonyl (C=O) groups is 5. The van der Waals surface area contributed by atoms with Crippen molar-refractivity contribution < 1.29 is 28.7 Å². The number of hydrogen-bond donors (Lipinski definition) is 3. The van der Waals surface area contributed by atoms with Crippen molar-refractivity contribution in [1.29, 1.82) is 0 Å². The molecule has 4 aliphatic heterocycles. The number of carbonyl (C=O) groups excluding carboxylic acids is 5. The number of anilines is 2. The average molecular weight is 831 g/mol. The Morgan fingerprint density at radius 2 is 1.57 bits per heavy atom. The molecule has 0 saturated carbocycles. The molecule has 5 heterocycles. The molecule has 1 atom stereocenters. The predicted octanol–water partition coefficient (Wildman–Crippen LogP) is 4.26. The summed E-state index contributed by atoms with van der Waals surface area (Å²) < 4.78 is 7.93. The van der Waals surface area contributed by atoms with Crippen molar-refractivity contribution in [3.63, 3.8) is 0 Å². The third kappa shape index (κ3) is 9.55. The van der Waals surface area contributed by atoms with Crippen molar-refractivity contribution in [1.82, 2.24) is 34.7 Å². The number of hydrogen-bond acceptors (Lipinski definition) is 10. The summed E-state index contributed by atoms with van der Waals surface area (Å²) in [7, 11) is 2.05. The zero-order valence-electron chi connectivity index (χ0n) is 34.6. The maximum atomic E-state index is 13.4.